The standard InChI is InChI=1S/C14H13F3N2O4/c1-22-11-7-8-2-3-12(20)19(23-13(21)14(15,16)17)10(8)6-9(11)4-5-18/h2-3,6-7H,4-5,18H2,1H3. The van der Waals surface area contributed by atoms with Crippen molar-refractivity contribution in [3.8, 4) is 5.75 Å². The van der Waals surface area contributed by atoms with Crippen molar-refractivity contribution in [2.24, 2.45) is 5.73 Å². The maximum absolute atomic E-state index is 12.4. The number of rotatable bonds is 4. The van der Waals surface area contributed by atoms with Gasteiger partial charge in [0.2, 0.25) is 0 Å². The molecule has 2 rings (SSSR count). The number of hydrogen-bond donors (Lipinski definition) is 1. The zero-order valence-corrected chi connectivity index (χ0v) is 12.0. The highest BCUT2D eigenvalue weighted by Crippen LogP contribution is 2.25. The number of aromatic nitrogens is 1. The van der Waals surface area contributed by atoms with Gasteiger partial charge in [0, 0.05) is 11.5 Å². The Morgan fingerprint density at radius 3 is 2.57 bits per heavy atom. The molecule has 6 nitrogen and oxygen atoms in total. The molecule has 2 aromatic rings. The number of benzene rings is 1. The molecule has 0 radical (unpaired) electrons. The highest BCUT2D eigenvalue weighted by Gasteiger charge is 2.42. The molecule has 9 heteroatoms. The Kier molecular flexibility index (Phi) is 4.60. The van der Waals surface area contributed by atoms with E-state index in [1.807, 2.05) is 0 Å². The van der Waals surface area contributed by atoms with Crippen molar-refractivity contribution in [2.75, 3.05) is 13.7 Å². The van der Waals surface area contributed by atoms with Crippen molar-refractivity contribution >= 4 is 16.9 Å². The van der Waals surface area contributed by atoms with Gasteiger partial charge in [0.15, 0.2) is 0 Å². The maximum atomic E-state index is 12.4. The number of ether oxygens (including phenoxy) is 1. The zero-order chi connectivity index (χ0) is 17.2. The lowest BCUT2D eigenvalue weighted by molar-refractivity contribution is -0.199. The van der Waals surface area contributed by atoms with E-state index in [1.165, 1.54) is 25.3 Å². The molecule has 0 unspecified atom stereocenters. The van der Waals surface area contributed by atoms with E-state index in [1.54, 1.807) is 0 Å². The first-order chi connectivity index (χ1) is 10.8. The predicted octanol–water partition coefficient (Wildman–Crippen LogP) is 1.03. The number of hydrogen-bond acceptors (Lipinski definition) is 5. The van der Waals surface area contributed by atoms with E-state index in [2.05, 4.69) is 4.84 Å². The normalized spacial score (nSPS) is 11.5. The number of fused-ring (bicyclic) bond motifs is 1. The predicted molar refractivity (Wildman–Crippen MR) is 75.2 cm³/mol. The van der Waals surface area contributed by atoms with Gasteiger partial charge in [-0.3, -0.25) is 4.79 Å². The van der Waals surface area contributed by atoms with Crippen LogP contribution in [0.2, 0.25) is 0 Å². The largest absolute Gasteiger partial charge is 0.496 e. The average molecular weight is 330 g/mol. The van der Waals surface area contributed by atoms with Crippen LogP contribution in [0.15, 0.2) is 29.1 Å². The van der Waals surface area contributed by atoms with Crippen LogP contribution in [-0.2, 0) is 11.2 Å². The molecule has 0 aliphatic rings. The van der Waals surface area contributed by atoms with Gasteiger partial charge in [-0.1, -0.05) is 0 Å². The Balaban J connectivity index is 2.63. The number of nitrogens with zero attached hydrogens (tertiary/aromatic N) is 1. The Bertz CT molecular complexity index is 799. The summed E-state index contributed by atoms with van der Waals surface area (Å²) >= 11 is 0. The van der Waals surface area contributed by atoms with Crippen LogP contribution in [0.1, 0.15) is 5.56 Å². The number of methoxy groups -OCH3 is 1. The first kappa shape index (κ1) is 16.8. The fourth-order valence-corrected chi connectivity index (χ4v) is 2.05. The first-order valence-corrected chi connectivity index (χ1v) is 6.50. The van der Waals surface area contributed by atoms with E-state index >= 15 is 0 Å². The summed E-state index contributed by atoms with van der Waals surface area (Å²) in [6, 6.07) is 5.32. The molecule has 0 aliphatic carbocycles. The molecule has 0 aliphatic heterocycles. The summed E-state index contributed by atoms with van der Waals surface area (Å²) in [5, 5.41) is 0.372. The summed E-state index contributed by atoms with van der Waals surface area (Å²) in [5.41, 5.74) is 5.16. The molecule has 124 valence electrons. The van der Waals surface area contributed by atoms with Crippen molar-refractivity contribution < 1.29 is 27.5 Å². The summed E-state index contributed by atoms with van der Waals surface area (Å²) in [6.07, 6.45) is -4.84. The monoisotopic (exact) mass is 330 g/mol. The van der Waals surface area contributed by atoms with Crippen LogP contribution in [0.25, 0.3) is 10.9 Å². The van der Waals surface area contributed by atoms with E-state index < -0.39 is 17.7 Å². The summed E-state index contributed by atoms with van der Waals surface area (Å²) in [7, 11) is 1.43. The maximum Gasteiger partial charge on any atom is 0.493 e. The van der Waals surface area contributed by atoms with Gasteiger partial charge < -0.3 is 15.3 Å². The first-order valence-electron chi connectivity index (χ1n) is 6.50. The van der Waals surface area contributed by atoms with Crippen molar-refractivity contribution in [3.05, 3.63) is 40.2 Å². The van der Waals surface area contributed by atoms with E-state index in [9.17, 15) is 22.8 Å². The van der Waals surface area contributed by atoms with Crippen LogP contribution in [0.5, 0.6) is 5.75 Å². The van der Waals surface area contributed by atoms with Crippen LogP contribution in [-0.4, -0.2) is 30.5 Å². The minimum absolute atomic E-state index is 0.0133. The minimum Gasteiger partial charge on any atom is -0.496 e. The molecule has 0 fully saturated rings. The van der Waals surface area contributed by atoms with E-state index in [0.717, 1.165) is 6.07 Å². The van der Waals surface area contributed by atoms with Crippen molar-refractivity contribution in [1.29, 1.82) is 0 Å². The molecule has 1 heterocycles. The third-order valence-corrected chi connectivity index (χ3v) is 3.07. The van der Waals surface area contributed by atoms with Gasteiger partial charge in [0.25, 0.3) is 5.56 Å². The van der Waals surface area contributed by atoms with Gasteiger partial charge in [-0.2, -0.15) is 13.2 Å². The molecular weight excluding hydrogens is 317 g/mol. The number of halogens is 3. The molecule has 0 saturated heterocycles. The quantitative estimate of drug-likeness (QED) is 0.905. The Hall–Kier alpha value is -2.55. The van der Waals surface area contributed by atoms with Crippen molar-refractivity contribution in [1.82, 2.24) is 4.73 Å². The van der Waals surface area contributed by atoms with Gasteiger partial charge in [0.1, 0.15) is 5.75 Å². The summed E-state index contributed by atoms with van der Waals surface area (Å²) in [5.74, 6) is -2.02. The molecule has 1 aromatic heterocycles. The third-order valence-electron chi connectivity index (χ3n) is 3.07. The average Bonchev–Trinajstić information content (AvgIpc) is 2.49. The minimum atomic E-state index is -5.21. The molecule has 0 spiro atoms. The van der Waals surface area contributed by atoms with E-state index in [4.69, 9.17) is 10.5 Å². The smallest absolute Gasteiger partial charge is 0.493 e. The lowest BCUT2D eigenvalue weighted by Gasteiger charge is -2.14. The number of carbonyl (C=O) groups is 1. The second-order valence-electron chi connectivity index (χ2n) is 4.60. The summed E-state index contributed by atoms with van der Waals surface area (Å²) in [6.45, 7) is 0.265. The van der Waals surface area contributed by atoms with Crippen LogP contribution < -0.4 is 20.9 Å². The second kappa shape index (κ2) is 6.29. The van der Waals surface area contributed by atoms with Gasteiger partial charge in [-0.05, 0) is 36.7 Å². The topological polar surface area (TPSA) is 83.5 Å². The molecule has 1 aromatic carbocycles. The highest BCUT2D eigenvalue weighted by atomic mass is 19.4. The van der Waals surface area contributed by atoms with Gasteiger partial charge in [-0.15, -0.1) is 4.73 Å². The van der Waals surface area contributed by atoms with Crippen LogP contribution >= 0.6 is 0 Å². The Labute approximate surface area is 128 Å². The molecule has 0 bridgehead atoms. The molecular formula is C14H13F3N2O4. The van der Waals surface area contributed by atoms with Crippen molar-refractivity contribution in [3.63, 3.8) is 0 Å². The summed E-state index contributed by atoms with van der Waals surface area (Å²) in [4.78, 5) is 27.0. The van der Waals surface area contributed by atoms with Gasteiger partial charge >= 0.3 is 12.1 Å². The fraction of sp³-hybridized carbons (Fsp3) is 0.286. The van der Waals surface area contributed by atoms with E-state index in [-0.39, 0.29) is 12.1 Å². The van der Waals surface area contributed by atoms with Gasteiger partial charge in [-0.25, -0.2) is 4.79 Å². The van der Waals surface area contributed by atoms with Crippen molar-refractivity contribution in [2.45, 2.75) is 12.6 Å². The molecule has 0 amide bonds. The highest BCUT2D eigenvalue weighted by molar-refractivity contribution is 5.83. The fourth-order valence-electron chi connectivity index (χ4n) is 2.05. The molecule has 2 N–H and O–H groups in total. The lowest BCUT2D eigenvalue weighted by atomic mass is 10.1. The Morgan fingerprint density at radius 2 is 2.00 bits per heavy atom. The third kappa shape index (κ3) is 3.45. The zero-order valence-electron chi connectivity index (χ0n) is 12.0. The number of pyridine rings is 1. The molecule has 0 saturated carbocycles. The number of nitrogens with two attached hydrogens (primary N) is 1. The Morgan fingerprint density at radius 1 is 1.30 bits per heavy atom. The van der Waals surface area contributed by atoms with Gasteiger partial charge in [0.05, 0.1) is 12.6 Å². The summed E-state index contributed by atoms with van der Waals surface area (Å²) < 4.78 is 42.6. The number of carbonyl (C=O) groups excluding carboxylic acids is 1. The number of alkyl halides is 3. The molecule has 23 heavy (non-hydrogen) atoms. The van der Waals surface area contributed by atoms with Crippen LogP contribution in [0.3, 0.4) is 0 Å². The van der Waals surface area contributed by atoms with Crippen LogP contribution in [0.4, 0.5) is 13.2 Å². The molecule has 0 atom stereocenters. The second-order valence-corrected chi connectivity index (χ2v) is 4.60. The van der Waals surface area contributed by atoms with E-state index in [0.29, 0.717) is 27.9 Å². The lowest BCUT2D eigenvalue weighted by Crippen LogP contribution is -2.38. The van der Waals surface area contributed by atoms with Crippen LogP contribution in [0, 0.1) is 0 Å². The SMILES string of the molecule is COc1cc2ccc(=O)n(OC(=O)C(F)(F)F)c2cc1CCN.